The molecule has 0 atom stereocenters. The van der Waals surface area contributed by atoms with Crippen LogP contribution in [0.1, 0.15) is 10.4 Å². The highest BCUT2D eigenvalue weighted by Gasteiger charge is 2.39. The molecule has 0 saturated carbocycles. The van der Waals surface area contributed by atoms with E-state index in [1.807, 2.05) is 0 Å². The lowest BCUT2D eigenvalue weighted by atomic mass is 10.2. The number of hydrogen-bond acceptors (Lipinski definition) is 3. The van der Waals surface area contributed by atoms with Gasteiger partial charge in [0.2, 0.25) is 0 Å². The van der Waals surface area contributed by atoms with Crippen molar-refractivity contribution in [2.75, 3.05) is 17.7 Å². The number of halogens is 4. The van der Waals surface area contributed by atoms with Gasteiger partial charge in [0.1, 0.15) is 0 Å². The maximum Gasteiger partial charge on any atom is 0.471 e. The van der Waals surface area contributed by atoms with E-state index in [1.54, 1.807) is 18.2 Å². The molecule has 9 heteroatoms. The van der Waals surface area contributed by atoms with Crippen molar-refractivity contribution in [1.82, 2.24) is 0 Å². The van der Waals surface area contributed by atoms with E-state index in [0.717, 1.165) is 19.2 Å². The second-order valence-electron chi connectivity index (χ2n) is 4.78. The molecule has 0 aromatic heterocycles. The third-order valence-corrected chi connectivity index (χ3v) is 3.09. The summed E-state index contributed by atoms with van der Waals surface area (Å²) in [5, 5.41) is 3.80. The van der Waals surface area contributed by atoms with Crippen LogP contribution in [0.5, 0.6) is 5.75 Å². The third kappa shape index (κ3) is 4.25. The molecule has 0 heterocycles. The Kier molecular flexibility index (Phi) is 5.26. The highest BCUT2D eigenvalue weighted by molar-refractivity contribution is 6.04. The van der Waals surface area contributed by atoms with Crippen molar-refractivity contribution in [3.8, 4) is 5.75 Å². The van der Waals surface area contributed by atoms with Gasteiger partial charge >= 0.3 is 12.1 Å². The largest absolute Gasteiger partial charge is 0.492 e. The summed E-state index contributed by atoms with van der Waals surface area (Å²) >= 11 is 0. The van der Waals surface area contributed by atoms with Crippen LogP contribution in [0, 0.1) is 5.82 Å². The van der Waals surface area contributed by atoms with Crippen molar-refractivity contribution in [3.05, 3.63) is 53.8 Å². The fourth-order valence-electron chi connectivity index (χ4n) is 1.93. The normalized spacial score (nSPS) is 10.9. The van der Waals surface area contributed by atoms with Crippen LogP contribution in [0.3, 0.4) is 0 Å². The molecule has 2 N–H and O–H groups in total. The Hall–Kier alpha value is -3.10. The number of ether oxygens (including phenoxy) is 1. The summed E-state index contributed by atoms with van der Waals surface area (Å²) in [5.41, 5.74) is -0.564. The van der Waals surface area contributed by atoms with Gasteiger partial charge in [-0.25, -0.2) is 4.39 Å². The summed E-state index contributed by atoms with van der Waals surface area (Å²) < 4.78 is 56.0. The molecule has 0 spiro atoms. The van der Waals surface area contributed by atoms with Gasteiger partial charge in [-0.2, -0.15) is 13.2 Å². The highest BCUT2D eigenvalue weighted by Crippen LogP contribution is 2.34. The standard InChI is InChI=1S/C16H12F4N2O3/c1-25-13-11(22-15(24)16(18,19)20)8-7-10(12(13)17)21-14(23)9-5-3-2-4-6-9/h2-8H,1H3,(H,21,23)(H,22,24). The van der Waals surface area contributed by atoms with Gasteiger partial charge in [0.15, 0.2) is 11.6 Å². The first-order valence-electron chi connectivity index (χ1n) is 6.85. The number of hydrogen-bond donors (Lipinski definition) is 2. The highest BCUT2D eigenvalue weighted by atomic mass is 19.4. The van der Waals surface area contributed by atoms with Gasteiger partial charge in [0.05, 0.1) is 18.5 Å². The van der Waals surface area contributed by atoms with E-state index in [4.69, 9.17) is 4.74 Å². The molecule has 132 valence electrons. The average Bonchev–Trinajstić information content (AvgIpc) is 2.57. The topological polar surface area (TPSA) is 67.4 Å². The van der Waals surface area contributed by atoms with Crippen LogP contribution in [0.2, 0.25) is 0 Å². The van der Waals surface area contributed by atoms with Crippen LogP contribution < -0.4 is 15.4 Å². The van der Waals surface area contributed by atoms with E-state index >= 15 is 0 Å². The maximum absolute atomic E-state index is 14.4. The molecular weight excluding hydrogens is 344 g/mol. The summed E-state index contributed by atoms with van der Waals surface area (Å²) in [7, 11) is 1.02. The monoisotopic (exact) mass is 356 g/mol. The fraction of sp³-hybridized carbons (Fsp3) is 0.125. The molecule has 0 radical (unpaired) electrons. The molecular formula is C16H12F4N2O3. The van der Waals surface area contributed by atoms with Crippen molar-refractivity contribution in [1.29, 1.82) is 0 Å². The summed E-state index contributed by atoms with van der Waals surface area (Å²) in [5.74, 6) is -4.64. The van der Waals surface area contributed by atoms with Gasteiger partial charge in [-0.15, -0.1) is 0 Å². The van der Waals surface area contributed by atoms with Crippen molar-refractivity contribution < 1.29 is 31.9 Å². The number of benzene rings is 2. The predicted molar refractivity (Wildman–Crippen MR) is 82.0 cm³/mol. The molecule has 0 aliphatic heterocycles. The summed E-state index contributed by atoms with van der Waals surface area (Å²) in [6.07, 6.45) is -5.14. The minimum absolute atomic E-state index is 0.260. The second kappa shape index (κ2) is 7.20. The van der Waals surface area contributed by atoms with Crippen LogP contribution in [-0.2, 0) is 4.79 Å². The number of carbonyl (C=O) groups excluding carboxylic acids is 2. The van der Waals surface area contributed by atoms with Gasteiger partial charge in [0, 0.05) is 5.56 Å². The Balaban J connectivity index is 2.27. The first-order chi connectivity index (χ1) is 11.7. The Labute approximate surface area is 139 Å². The van der Waals surface area contributed by atoms with Crippen molar-refractivity contribution in [2.45, 2.75) is 6.18 Å². The van der Waals surface area contributed by atoms with Crippen molar-refractivity contribution in [3.63, 3.8) is 0 Å². The maximum atomic E-state index is 14.4. The zero-order valence-electron chi connectivity index (χ0n) is 12.8. The van der Waals surface area contributed by atoms with Crippen LogP contribution >= 0.6 is 0 Å². The molecule has 0 aliphatic rings. The van der Waals surface area contributed by atoms with E-state index in [9.17, 15) is 27.2 Å². The number of alkyl halides is 3. The SMILES string of the molecule is COc1c(NC(=O)C(F)(F)F)ccc(NC(=O)c2ccccc2)c1F. The van der Waals surface area contributed by atoms with Crippen LogP contribution in [0.15, 0.2) is 42.5 Å². The molecule has 2 aromatic carbocycles. The average molecular weight is 356 g/mol. The number of nitrogens with one attached hydrogen (secondary N) is 2. The summed E-state index contributed by atoms with van der Waals surface area (Å²) in [6, 6.07) is 9.93. The number of anilines is 2. The first kappa shape index (κ1) is 18.2. The lowest BCUT2D eigenvalue weighted by Crippen LogP contribution is -2.30. The van der Waals surface area contributed by atoms with E-state index < -0.39 is 35.2 Å². The Morgan fingerprint density at radius 1 is 0.960 bits per heavy atom. The minimum atomic E-state index is -5.14. The number of carbonyl (C=O) groups is 2. The Bertz CT molecular complexity index is 792. The Morgan fingerprint density at radius 2 is 1.56 bits per heavy atom. The van der Waals surface area contributed by atoms with Gasteiger partial charge in [-0.3, -0.25) is 9.59 Å². The molecule has 0 bridgehead atoms. The van der Waals surface area contributed by atoms with E-state index in [0.29, 0.717) is 0 Å². The molecule has 0 aliphatic carbocycles. The lowest BCUT2D eigenvalue weighted by Gasteiger charge is -2.15. The molecule has 2 aromatic rings. The third-order valence-electron chi connectivity index (χ3n) is 3.09. The lowest BCUT2D eigenvalue weighted by molar-refractivity contribution is -0.167. The fourth-order valence-corrected chi connectivity index (χ4v) is 1.93. The molecule has 0 fully saturated rings. The number of amides is 2. The van der Waals surface area contributed by atoms with Gasteiger partial charge in [0.25, 0.3) is 5.91 Å². The van der Waals surface area contributed by atoms with Crippen molar-refractivity contribution >= 4 is 23.2 Å². The van der Waals surface area contributed by atoms with Gasteiger partial charge < -0.3 is 15.4 Å². The van der Waals surface area contributed by atoms with Crippen molar-refractivity contribution in [2.24, 2.45) is 0 Å². The predicted octanol–water partition coefficient (Wildman–Crippen LogP) is 3.59. The minimum Gasteiger partial charge on any atom is -0.492 e. The molecule has 2 amide bonds. The van der Waals surface area contributed by atoms with Crippen LogP contribution in [0.4, 0.5) is 28.9 Å². The van der Waals surface area contributed by atoms with E-state index in [-0.39, 0.29) is 11.3 Å². The molecule has 0 unspecified atom stereocenters. The Morgan fingerprint density at radius 3 is 2.12 bits per heavy atom. The number of methoxy groups -OCH3 is 1. The van der Waals surface area contributed by atoms with E-state index in [2.05, 4.69) is 5.32 Å². The second-order valence-corrected chi connectivity index (χ2v) is 4.78. The molecule has 2 rings (SSSR count). The summed E-state index contributed by atoms with van der Waals surface area (Å²) in [4.78, 5) is 23.0. The van der Waals surface area contributed by atoms with Crippen LogP contribution in [0.25, 0.3) is 0 Å². The zero-order chi connectivity index (χ0) is 18.6. The van der Waals surface area contributed by atoms with Gasteiger partial charge in [-0.1, -0.05) is 18.2 Å². The smallest absolute Gasteiger partial charge is 0.471 e. The quantitative estimate of drug-likeness (QED) is 0.823. The van der Waals surface area contributed by atoms with E-state index in [1.165, 1.54) is 17.4 Å². The molecule has 25 heavy (non-hydrogen) atoms. The summed E-state index contributed by atoms with van der Waals surface area (Å²) in [6.45, 7) is 0. The number of rotatable bonds is 4. The van der Waals surface area contributed by atoms with Gasteiger partial charge in [-0.05, 0) is 24.3 Å². The first-order valence-corrected chi connectivity index (χ1v) is 6.85. The molecule has 5 nitrogen and oxygen atoms in total. The van der Waals surface area contributed by atoms with Crippen LogP contribution in [-0.4, -0.2) is 25.1 Å². The molecule has 0 saturated heterocycles. The zero-order valence-corrected chi connectivity index (χ0v) is 12.8.